The lowest BCUT2D eigenvalue weighted by Crippen LogP contribution is -2.31. The molecule has 3 rings (SSSR count). The first kappa shape index (κ1) is 15.7. The van der Waals surface area contributed by atoms with Gasteiger partial charge in [-0.1, -0.05) is 0 Å². The second-order valence-corrected chi connectivity index (χ2v) is 5.89. The second kappa shape index (κ2) is 6.95. The van der Waals surface area contributed by atoms with Gasteiger partial charge in [0.25, 0.3) is 5.56 Å². The number of anilines is 1. The number of hydrogen-bond acceptors (Lipinski definition) is 5. The molecule has 2 aromatic rings. The van der Waals surface area contributed by atoms with E-state index in [4.69, 9.17) is 4.74 Å². The zero-order chi connectivity index (χ0) is 16.2. The van der Waals surface area contributed by atoms with Crippen LogP contribution in [0.15, 0.2) is 29.6 Å². The van der Waals surface area contributed by atoms with Crippen molar-refractivity contribution in [2.24, 2.45) is 13.0 Å². The fourth-order valence-electron chi connectivity index (χ4n) is 3.05. The number of ether oxygens (including phenoxy) is 1. The molecule has 1 aliphatic rings. The first-order valence-electron chi connectivity index (χ1n) is 8.08. The Morgan fingerprint density at radius 2 is 2.35 bits per heavy atom. The van der Waals surface area contributed by atoms with Gasteiger partial charge in [-0.15, -0.1) is 0 Å². The number of aryl methyl sites for hydroxylation is 2. The zero-order valence-corrected chi connectivity index (χ0v) is 13.6. The Balaban J connectivity index is 1.72. The minimum absolute atomic E-state index is 0.0158. The number of hydrogen-bond donors (Lipinski definition) is 1. The second-order valence-electron chi connectivity index (χ2n) is 5.89. The highest BCUT2D eigenvalue weighted by atomic mass is 16.5. The van der Waals surface area contributed by atoms with Crippen molar-refractivity contribution in [3.63, 3.8) is 0 Å². The molecule has 1 aliphatic heterocycles. The van der Waals surface area contributed by atoms with Crippen LogP contribution in [0.1, 0.15) is 31.4 Å². The van der Waals surface area contributed by atoms with E-state index in [2.05, 4.69) is 15.4 Å². The summed E-state index contributed by atoms with van der Waals surface area (Å²) >= 11 is 0. The number of rotatable bonds is 5. The molecule has 0 aliphatic carbocycles. The van der Waals surface area contributed by atoms with Crippen molar-refractivity contribution in [3.8, 4) is 0 Å². The maximum Gasteiger partial charge on any atom is 0.293 e. The Morgan fingerprint density at radius 1 is 1.48 bits per heavy atom. The van der Waals surface area contributed by atoms with Crippen LogP contribution in [0.25, 0.3) is 0 Å². The molecule has 3 heterocycles. The number of nitrogens with zero attached hydrogens (tertiary/aromatic N) is 4. The summed E-state index contributed by atoms with van der Waals surface area (Å²) in [5, 5.41) is 7.44. The quantitative estimate of drug-likeness (QED) is 0.906. The third kappa shape index (κ3) is 3.44. The lowest BCUT2D eigenvalue weighted by atomic mass is 9.91. The minimum atomic E-state index is -0.0790. The van der Waals surface area contributed by atoms with E-state index in [1.807, 2.05) is 26.4 Å². The molecule has 7 nitrogen and oxygen atoms in total. The summed E-state index contributed by atoms with van der Waals surface area (Å²) in [5.41, 5.74) is 1.01. The summed E-state index contributed by atoms with van der Waals surface area (Å²) < 4.78 is 9.39. The molecule has 124 valence electrons. The number of nitrogens with one attached hydrogen (secondary N) is 1. The molecule has 1 saturated heterocycles. The average molecular weight is 317 g/mol. The van der Waals surface area contributed by atoms with Gasteiger partial charge in [0, 0.05) is 56.8 Å². The van der Waals surface area contributed by atoms with Crippen molar-refractivity contribution in [2.45, 2.75) is 32.4 Å². The van der Waals surface area contributed by atoms with Crippen LogP contribution in [0, 0.1) is 5.92 Å². The third-order valence-electron chi connectivity index (χ3n) is 4.28. The Kier molecular flexibility index (Phi) is 4.76. The molecule has 1 N–H and O–H groups in total. The van der Waals surface area contributed by atoms with Gasteiger partial charge in [0.05, 0.1) is 12.3 Å². The molecule has 23 heavy (non-hydrogen) atoms. The SMILES string of the molecule is CCn1ccnc(NC[C@@H]2CCCO[C@H]2c2cnn(C)c2)c1=O. The van der Waals surface area contributed by atoms with Crippen LogP contribution < -0.4 is 10.9 Å². The van der Waals surface area contributed by atoms with E-state index in [0.717, 1.165) is 25.0 Å². The summed E-state index contributed by atoms with van der Waals surface area (Å²) in [6, 6.07) is 0. The van der Waals surface area contributed by atoms with Gasteiger partial charge in [-0.2, -0.15) is 5.10 Å². The van der Waals surface area contributed by atoms with E-state index in [1.165, 1.54) is 0 Å². The molecule has 2 atom stereocenters. The molecular weight excluding hydrogens is 294 g/mol. The van der Waals surface area contributed by atoms with Crippen molar-refractivity contribution >= 4 is 5.82 Å². The van der Waals surface area contributed by atoms with Gasteiger partial charge in [-0.05, 0) is 19.8 Å². The van der Waals surface area contributed by atoms with Crippen molar-refractivity contribution < 1.29 is 4.74 Å². The molecule has 7 heteroatoms. The van der Waals surface area contributed by atoms with E-state index < -0.39 is 0 Å². The highest BCUT2D eigenvalue weighted by Crippen LogP contribution is 2.33. The molecule has 0 spiro atoms. The Bertz CT molecular complexity index is 708. The normalized spacial score (nSPS) is 21.3. The minimum Gasteiger partial charge on any atom is -0.373 e. The van der Waals surface area contributed by atoms with Crippen molar-refractivity contribution in [2.75, 3.05) is 18.5 Å². The van der Waals surface area contributed by atoms with Crippen LogP contribution in [-0.2, 0) is 18.3 Å². The van der Waals surface area contributed by atoms with Crippen molar-refractivity contribution in [3.05, 3.63) is 40.7 Å². The predicted molar refractivity (Wildman–Crippen MR) is 87.3 cm³/mol. The molecule has 0 saturated carbocycles. The standard InChI is InChI=1S/C16H23N5O2/c1-3-21-7-6-17-15(16(21)22)18-9-12-5-4-8-23-14(12)13-10-19-20(2)11-13/h6-7,10-12,14H,3-5,8-9H2,1-2H3,(H,17,18)/t12-,14+/m0/s1. The maximum absolute atomic E-state index is 12.2. The van der Waals surface area contributed by atoms with Crippen LogP contribution in [0.2, 0.25) is 0 Å². The maximum atomic E-state index is 12.2. The summed E-state index contributed by atoms with van der Waals surface area (Å²) in [4.78, 5) is 16.4. The Hall–Kier alpha value is -2.15. The van der Waals surface area contributed by atoms with Crippen molar-refractivity contribution in [1.82, 2.24) is 19.3 Å². The van der Waals surface area contributed by atoms with E-state index in [0.29, 0.717) is 24.8 Å². The van der Waals surface area contributed by atoms with E-state index in [9.17, 15) is 4.79 Å². The van der Waals surface area contributed by atoms with Gasteiger partial charge >= 0.3 is 0 Å². The summed E-state index contributed by atoms with van der Waals surface area (Å²) in [6.07, 6.45) is 9.31. The third-order valence-corrected chi connectivity index (χ3v) is 4.28. The molecule has 1 fully saturated rings. The topological polar surface area (TPSA) is 74.0 Å². The van der Waals surface area contributed by atoms with Crippen molar-refractivity contribution in [1.29, 1.82) is 0 Å². The van der Waals surface area contributed by atoms with Crippen LogP contribution in [0.3, 0.4) is 0 Å². The average Bonchev–Trinajstić information content (AvgIpc) is 3.00. The van der Waals surface area contributed by atoms with Crippen LogP contribution in [-0.4, -0.2) is 32.5 Å². The molecular formula is C16H23N5O2. The number of aromatic nitrogens is 4. The molecule has 0 radical (unpaired) electrons. The summed E-state index contributed by atoms with van der Waals surface area (Å²) in [5.74, 6) is 0.703. The predicted octanol–water partition coefficient (Wildman–Crippen LogP) is 1.58. The van der Waals surface area contributed by atoms with Crippen LogP contribution in [0.4, 0.5) is 5.82 Å². The lowest BCUT2D eigenvalue weighted by molar-refractivity contribution is -0.0239. The fraction of sp³-hybridized carbons (Fsp3) is 0.562. The van der Waals surface area contributed by atoms with E-state index >= 15 is 0 Å². The Labute approximate surface area is 135 Å². The monoisotopic (exact) mass is 317 g/mol. The summed E-state index contributed by atoms with van der Waals surface area (Å²) in [7, 11) is 1.90. The molecule has 0 aromatic carbocycles. The Morgan fingerprint density at radius 3 is 3.09 bits per heavy atom. The molecule has 0 bridgehead atoms. The zero-order valence-electron chi connectivity index (χ0n) is 13.6. The highest BCUT2D eigenvalue weighted by Gasteiger charge is 2.28. The molecule has 0 unspecified atom stereocenters. The van der Waals surface area contributed by atoms with Gasteiger partial charge in [0.2, 0.25) is 0 Å². The van der Waals surface area contributed by atoms with E-state index in [-0.39, 0.29) is 11.7 Å². The van der Waals surface area contributed by atoms with Gasteiger partial charge in [-0.25, -0.2) is 4.98 Å². The van der Waals surface area contributed by atoms with Gasteiger partial charge in [0.15, 0.2) is 5.82 Å². The highest BCUT2D eigenvalue weighted by molar-refractivity contribution is 5.31. The largest absolute Gasteiger partial charge is 0.373 e. The first-order valence-corrected chi connectivity index (χ1v) is 8.08. The molecule has 0 amide bonds. The van der Waals surface area contributed by atoms with Gasteiger partial charge < -0.3 is 14.6 Å². The fourth-order valence-corrected chi connectivity index (χ4v) is 3.05. The van der Waals surface area contributed by atoms with Crippen LogP contribution in [0.5, 0.6) is 0 Å². The smallest absolute Gasteiger partial charge is 0.293 e. The van der Waals surface area contributed by atoms with Crippen LogP contribution >= 0.6 is 0 Å². The summed E-state index contributed by atoms with van der Waals surface area (Å²) in [6.45, 7) is 4.01. The van der Waals surface area contributed by atoms with Gasteiger partial charge in [0.1, 0.15) is 0 Å². The lowest BCUT2D eigenvalue weighted by Gasteiger charge is -2.31. The first-order chi connectivity index (χ1) is 11.2. The molecule has 2 aromatic heterocycles. The van der Waals surface area contributed by atoms with Gasteiger partial charge in [-0.3, -0.25) is 9.48 Å². The van der Waals surface area contributed by atoms with E-state index in [1.54, 1.807) is 21.6 Å².